The van der Waals surface area contributed by atoms with Gasteiger partial charge in [-0.15, -0.1) is 12.4 Å². The van der Waals surface area contributed by atoms with Crippen molar-refractivity contribution in [2.75, 3.05) is 25.0 Å². The molecule has 2 heterocycles. The zero-order valence-electron chi connectivity index (χ0n) is 10.4. The van der Waals surface area contributed by atoms with Gasteiger partial charge in [-0.1, -0.05) is 12.1 Å². The highest BCUT2D eigenvalue weighted by Crippen LogP contribution is 2.30. The fourth-order valence-electron chi connectivity index (χ4n) is 2.48. The molecule has 1 aromatic heterocycles. The molecule has 0 atom stereocenters. The minimum absolute atomic E-state index is 0. The molecule has 1 aliphatic rings. The lowest BCUT2D eigenvalue weighted by atomic mass is 10.1. The van der Waals surface area contributed by atoms with Gasteiger partial charge in [0, 0.05) is 24.5 Å². The number of benzene rings is 1. The second-order valence-corrected chi connectivity index (χ2v) is 5.36. The number of hydrogen-bond donors (Lipinski definition) is 1. The van der Waals surface area contributed by atoms with Crippen LogP contribution in [-0.2, 0) is 0 Å². The molecule has 3 rings (SSSR count). The molecule has 1 aromatic carbocycles. The Morgan fingerprint density at radius 3 is 2.72 bits per heavy atom. The quantitative estimate of drug-likeness (QED) is 0.919. The van der Waals surface area contributed by atoms with Crippen molar-refractivity contribution >= 4 is 39.8 Å². The van der Waals surface area contributed by atoms with Crippen LogP contribution in [0.5, 0.6) is 0 Å². The van der Waals surface area contributed by atoms with E-state index >= 15 is 0 Å². The molecule has 0 amide bonds. The van der Waals surface area contributed by atoms with Crippen LogP contribution in [0.4, 0.5) is 5.82 Å². The molecule has 1 fully saturated rings. The summed E-state index contributed by atoms with van der Waals surface area (Å²) in [6, 6.07) is 9.18. The lowest BCUT2D eigenvalue weighted by molar-refractivity contribution is 0.442. The summed E-state index contributed by atoms with van der Waals surface area (Å²) >= 11 is 1.61. The second kappa shape index (κ2) is 5.87. The predicted molar refractivity (Wildman–Crippen MR) is 81.2 cm³/mol. The maximum Gasteiger partial charge on any atom is 0.150 e. The van der Waals surface area contributed by atoms with E-state index in [0.29, 0.717) is 6.04 Å². The molecular formula is C13H18ClN3S. The van der Waals surface area contributed by atoms with Gasteiger partial charge >= 0.3 is 0 Å². The van der Waals surface area contributed by atoms with E-state index in [9.17, 15) is 0 Å². The fourth-order valence-corrected chi connectivity index (χ4v) is 3.28. The van der Waals surface area contributed by atoms with E-state index < -0.39 is 0 Å². The van der Waals surface area contributed by atoms with Gasteiger partial charge in [-0.05, 0) is 43.6 Å². The molecule has 0 unspecified atom stereocenters. The molecule has 98 valence electrons. The first kappa shape index (κ1) is 13.6. The van der Waals surface area contributed by atoms with Crippen LogP contribution < -0.4 is 10.2 Å². The molecule has 0 spiro atoms. The van der Waals surface area contributed by atoms with Crippen LogP contribution >= 0.6 is 23.9 Å². The Labute approximate surface area is 118 Å². The monoisotopic (exact) mass is 283 g/mol. The van der Waals surface area contributed by atoms with Crippen molar-refractivity contribution in [2.45, 2.75) is 18.9 Å². The van der Waals surface area contributed by atoms with Gasteiger partial charge in [-0.3, -0.25) is 0 Å². The van der Waals surface area contributed by atoms with Crippen molar-refractivity contribution < 1.29 is 0 Å². The lowest BCUT2D eigenvalue weighted by Crippen LogP contribution is -2.41. The molecule has 0 aliphatic carbocycles. The Kier molecular flexibility index (Phi) is 4.43. The van der Waals surface area contributed by atoms with Crippen LogP contribution in [0.1, 0.15) is 12.8 Å². The summed E-state index contributed by atoms with van der Waals surface area (Å²) in [6.07, 6.45) is 2.42. The first-order chi connectivity index (χ1) is 8.38. The number of hydrogen-bond acceptors (Lipinski definition) is 4. The minimum Gasteiger partial charge on any atom is -0.355 e. The summed E-state index contributed by atoms with van der Waals surface area (Å²) in [4.78, 5) is 2.42. The SMILES string of the molecule is CNC1CCN(c2nsc3ccccc23)CC1.Cl. The molecule has 1 saturated heterocycles. The average Bonchev–Trinajstić information content (AvgIpc) is 2.83. The Morgan fingerprint density at radius 1 is 1.28 bits per heavy atom. The van der Waals surface area contributed by atoms with Crippen LogP contribution in [0.2, 0.25) is 0 Å². The van der Waals surface area contributed by atoms with Gasteiger partial charge in [0.15, 0.2) is 0 Å². The number of nitrogens with zero attached hydrogens (tertiary/aromatic N) is 2. The van der Waals surface area contributed by atoms with Crippen LogP contribution in [0.25, 0.3) is 10.1 Å². The molecule has 0 radical (unpaired) electrons. The number of piperidine rings is 1. The van der Waals surface area contributed by atoms with Crippen molar-refractivity contribution in [3.8, 4) is 0 Å². The average molecular weight is 284 g/mol. The van der Waals surface area contributed by atoms with Crippen LogP contribution in [0.15, 0.2) is 24.3 Å². The third-order valence-corrected chi connectivity index (χ3v) is 4.38. The summed E-state index contributed by atoms with van der Waals surface area (Å²) < 4.78 is 5.91. The van der Waals surface area contributed by atoms with Crippen LogP contribution in [-0.4, -0.2) is 30.6 Å². The van der Waals surface area contributed by atoms with Crippen molar-refractivity contribution in [1.82, 2.24) is 9.69 Å². The van der Waals surface area contributed by atoms with Crippen LogP contribution in [0, 0.1) is 0 Å². The summed E-state index contributed by atoms with van der Waals surface area (Å²) in [7, 11) is 2.05. The second-order valence-electron chi connectivity index (χ2n) is 4.55. The standard InChI is InChI=1S/C13H17N3S.ClH/c1-14-10-6-8-16(9-7-10)13-11-4-2-3-5-12(11)17-15-13;/h2-5,10,14H,6-9H2,1H3;1H. The summed E-state index contributed by atoms with van der Waals surface area (Å²) in [5.41, 5.74) is 0. The third kappa shape index (κ3) is 2.46. The van der Waals surface area contributed by atoms with Crippen LogP contribution in [0.3, 0.4) is 0 Å². The summed E-state index contributed by atoms with van der Waals surface area (Å²) in [6.45, 7) is 2.22. The van der Waals surface area contributed by atoms with Gasteiger partial charge in [0.25, 0.3) is 0 Å². The highest BCUT2D eigenvalue weighted by molar-refractivity contribution is 7.13. The highest BCUT2D eigenvalue weighted by atomic mass is 35.5. The first-order valence-corrected chi connectivity index (χ1v) is 6.92. The van der Waals surface area contributed by atoms with E-state index in [1.807, 2.05) is 0 Å². The number of halogens is 1. The van der Waals surface area contributed by atoms with E-state index in [1.165, 1.54) is 28.7 Å². The molecule has 1 N–H and O–H groups in total. The van der Waals surface area contributed by atoms with Crippen molar-refractivity contribution in [3.05, 3.63) is 24.3 Å². The molecule has 0 bridgehead atoms. The Hall–Kier alpha value is -0.840. The van der Waals surface area contributed by atoms with E-state index in [0.717, 1.165) is 13.1 Å². The molecule has 5 heteroatoms. The zero-order valence-corrected chi connectivity index (χ0v) is 12.1. The normalized spacial score (nSPS) is 16.8. The predicted octanol–water partition coefficient (Wildman–Crippen LogP) is 2.91. The van der Waals surface area contributed by atoms with Gasteiger partial charge in [0.1, 0.15) is 5.82 Å². The van der Waals surface area contributed by atoms with E-state index in [2.05, 4.69) is 45.9 Å². The lowest BCUT2D eigenvalue weighted by Gasteiger charge is -2.32. The number of aromatic nitrogens is 1. The van der Waals surface area contributed by atoms with Crippen molar-refractivity contribution in [2.24, 2.45) is 0 Å². The molecule has 3 nitrogen and oxygen atoms in total. The molecule has 18 heavy (non-hydrogen) atoms. The topological polar surface area (TPSA) is 28.2 Å². The highest BCUT2D eigenvalue weighted by Gasteiger charge is 2.20. The number of rotatable bonds is 2. The molecule has 0 saturated carbocycles. The van der Waals surface area contributed by atoms with E-state index in [4.69, 9.17) is 0 Å². The van der Waals surface area contributed by atoms with Gasteiger partial charge in [-0.2, -0.15) is 4.37 Å². The smallest absolute Gasteiger partial charge is 0.150 e. The first-order valence-electron chi connectivity index (χ1n) is 6.15. The zero-order chi connectivity index (χ0) is 11.7. The van der Waals surface area contributed by atoms with Gasteiger partial charge in [0.05, 0.1) is 4.70 Å². The maximum atomic E-state index is 4.62. The largest absolute Gasteiger partial charge is 0.355 e. The summed E-state index contributed by atoms with van der Waals surface area (Å²) in [5.74, 6) is 1.18. The summed E-state index contributed by atoms with van der Waals surface area (Å²) in [5, 5.41) is 4.67. The number of anilines is 1. The minimum atomic E-state index is 0. The van der Waals surface area contributed by atoms with Gasteiger partial charge < -0.3 is 10.2 Å². The maximum absolute atomic E-state index is 4.62. The van der Waals surface area contributed by atoms with E-state index in [-0.39, 0.29) is 12.4 Å². The van der Waals surface area contributed by atoms with Gasteiger partial charge in [0.2, 0.25) is 0 Å². The third-order valence-electron chi connectivity index (χ3n) is 3.56. The van der Waals surface area contributed by atoms with E-state index in [1.54, 1.807) is 11.5 Å². The van der Waals surface area contributed by atoms with Gasteiger partial charge in [-0.25, -0.2) is 0 Å². The Balaban J connectivity index is 0.00000120. The Bertz CT molecular complexity index is 506. The molecule has 2 aromatic rings. The molecular weight excluding hydrogens is 266 g/mol. The molecule has 1 aliphatic heterocycles. The number of nitrogens with one attached hydrogen (secondary N) is 1. The fraction of sp³-hybridized carbons (Fsp3) is 0.462. The Morgan fingerprint density at radius 2 is 2.00 bits per heavy atom. The number of fused-ring (bicyclic) bond motifs is 1. The van der Waals surface area contributed by atoms with Crippen molar-refractivity contribution in [3.63, 3.8) is 0 Å². The van der Waals surface area contributed by atoms with Crippen molar-refractivity contribution in [1.29, 1.82) is 0 Å².